The number of aliphatic hydroxyl groups excluding tert-OH is 1. The Bertz CT molecular complexity index is 1410. The van der Waals surface area contributed by atoms with E-state index in [2.05, 4.69) is 0 Å². The van der Waals surface area contributed by atoms with Crippen LogP contribution in [0.15, 0.2) is 66.2 Å². The fraction of sp³-hybridized carbons (Fsp3) is 0.312. The highest BCUT2D eigenvalue weighted by molar-refractivity contribution is 6.46. The summed E-state index contributed by atoms with van der Waals surface area (Å²) in [6.07, 6.45) is 0.497. The monoisotopic (exact) mass is 561 g/mol. The van der Waals surface area contributed by atoms with Gasteiger partial charge >= 0.3 is 0 Å². The number of amides is 1. The molecule has 0 aliphatic carbocycles. The number of carbonyl (C=O) groups excluding carboxylic acids is 2. The molecule has 1 saturated heterocycles. The van der Waals surface area contributed by atoms with Crippen LogP contribution in [0.25, 0.3) is 5.76 Å². The zero-order valence-corrected chi connectivity index (χ0v) is 23.9. The number of aliphatic hydroxyl groups is 1. The summed E-state index contributed by atoms with van der Waals surface area (Å²) < 4.78 is 27.6. The van der Waals surface area contributed by atoms with Crippen molar-refractivity contribution < 1.29 is 38.4 Å². The summed E-state index contributed by atoms with van der Waals surface area (Å²) in [6, 6.07) is 17.5. The quantitative estimate of drug-likeness (QED) is 0.142. The third kappa shape index (κ3) is 6.15. The molecule has 1 atom stereocenters. The summed E-state index contributed by atoms with van der Waals surface area (Å²) in [6.45, 7) is 2.84. The van der Waals surface area contributed by atoms with E-state index in [1.165, 1.54) is 26.2 Å². The molecule has 41 heavy (non-hydrogen) atoms. The lowest BCUT2D eigenvalue weighted by Crippen LogP contribution is -2.31. The van der Waals surface area contributed by atoms with Gasteiger partial charge in [-0.3, -0.25) is 9.59 Å². The van der Waals surface area contributed by atoms with Crippen LogP contribution in [0.1, 0.15) is 34.7 Å². The van der Waals surface area contributed by atoms with Gasteiger partial charge in [0.2, 0.25) is 5.75 Å². The van der Waals surface area contributed by atoms with Crippen LogP contribution in [0.3, 0.4) is 0 Å². The summed E-state index contributed by atoms with van der Waals surface area (Å²) >= 11 is 0. The second kappa shape index (κ2) is 13.2. The van der Waals surface area contributed by atoms with Crippen molar-refractivity contribution in [1.82, 2.24) is 4.90 Å². The molecule has 3 aromatic rings. The Balaban J connectivity index is 1.78. The molecule has 216 valence electrons. The minimum atomic E-state index is -0.894. The molecule has 0 aromatic heterocycles. The highest BCUT2D eigenvalue weighted by Gasteiger charge is 2.46. The van der Waals surface area contributed by atoms with Crippen LogP contribution in [0.2, 0.25) is 0 Å². The molecule has 1 N–H and O–H groups in total. The Hall–Kier alpha value is -4.50. The van der Waals surface area contributed by atoms with Crippen molar-refractivity contribution in [2.75, 3.05) is 41.6 Å². The second-order valence-corrected chi connectivity index (χ2v) is 9.55. The number of likely N-dealkylation sites (tertiary alicyclic amines) is 1. The number of rotatable bonds is 12. The predicted octanol–water partition coefficient (Wildman–Crippen LogP) is 5.06. The zero-order chi connectivity index (χ0) is 29.5. The number of ketones is 1. The van der Waals surface area contributed by atoms with Crippen molar-refractivity contribution >= 4 is 17.4 Å². The fourth-order valence-corrected chi connectivity index (χ4v) is 4.97. The number of hydrogen-bond donors (Lipinski definition) is 1. The van der Waals surface area contributed by atoms with Crippen molar-refractivity contribution in [3.63, 3.8) is 0 Å². The van der Waals surface area contributed by atoms with E-state index in [0.717, 1.165) is 5.56 Å². The van der Waals surface area contributed by atoms with E-state index in [9.17, 15) is 14.7 Å². The number of hydrogen-bond acceptors (Lipinski definition) is 8. The number of aryl methyl sites for hydroxylation is 1. The van der Waals surface area contributed by atoms with Crippen molar-refractivity contribution in [2.24, 2.45) is 0 Å². The largest absolute Gasteiger partial charge is 0.507 e. The Labute approximate surface area is 239 Å². The average Bonchev–Trinajstić information content (AvgIpc) is 3.24. The summed E-state index contributed by atoms with van der Waals surface area (Å²) in [5, 5.41) is 11.6. The van der Waals surface area contributed by atoms with Crippen molar-refractivity contribution in [3.05, 3.63) is 88.5 Å². The minimum Gasteiger partial charge on any atom is -0.507 e. The maximum absolute atomic E-state index is 13.5. The first-order valence-corrected chi connectivity index (χ1v) is 13.2. The molecule has 1 aliphatic heterocycles. The van der Waals surface area contributed by atoms with Gasteiger partial charge in [0.25, 0.3) is 11.7 Å². The first kappa shape index (κ1) is 29.5. The summed E-state index contributed by atoms with van der Waals surface area (Å²) in [7, 11) is 6.04. The number of methoxy groups -OCH3 is 4. The number of Topliss-reactive ketones (excluding diaryl/α,β-unsaturated/α-hetero) is 1. The second-order valence-electron chi connectivity index (χ2n) is 9.55. The Morgan fingerprint density at radius 1 is 0.902 bits per heavy atom. The van der Waals surface area contributed by atoms with Crippen LogP contribution < -0.4 is 18.9 Å². The third-order valence-electron chi connectivity index (χ3n) is 6.99. The van der Waals surface area contributed by atoms with Crippen LogP contribution in [-0.2, 0) is 20.9 Å². The molecular formula is C32H35NO8. The van der Waals surface area contributed by atoms with Crippen LogP contribution >= 0.6 is 0 Å². The van der Waals surface area contributed by atoms with Gasteiger partial charge in [-0.15, -0.1) is 0 Å². The van der Waals surface area contributed by atoms with E-state index >= 15 is 0 Å². The highest BCUT2D eigenvalue weighted by atomic mass is 16.5. The Kier molecular flexibility index (Phi) is 9.52. The van der Waals surface area contributed by atoms with Gasteiger partial charge in [-0.05, 0) is 60.4 Å². The van der Waals surface area contributed by atoms with Gasteiger partial charge in [0, 0.05) is 25.8 Å². The first-order valence-electron chi connectivity index (χ1n) is 13.2. The van der Waals surface area contributed by atoms with Gasteiger partial charge in [0.05, 0.1) is 32.9 Å². The standard InChI is InChI=1S/C32H35NO8/c1-20-16-23(41-19-21-10-7-6-8-11-21)12-13-24(20)29(34)27-28(33(14-9-15-37-2)32(36)30(27)35)22-17-25(38-3)31(40-5)26(18-22)39-4/h6-8,10-13,16-18,28,34H,9,14-15,19H2,1-5H3/b29-27+. The Morgan fingerprint density at radius 3 is 2.17 bits per heavy atom. The SMILES string of the molecule is COCCCN1C(=O)C(=O)/C(=C(/O)c2ccc(OCc3ccccc3)cc2C)C1c1cc(OC)c(OC)c(OC)c1. The maximum atomic E-state index is 13.5. The van der Waals surface area contributed by atoms with Crippen molar-refractivity contribution in [1.29, 1.82) is 0 Å². The van der Waals surface area contributed by atoms with Gasteiger partial charge < -0.3 is 33.7 Å². The van der Waals surface area contributed by atoms with Crippen LogP contribution in [0, 0.1) is 6.92 Å². The molecule has 1 fully saturated rings. The minimum absolute atomic E-state index is 0.0252. The summed E-state index contributed by atoms with van der Waals surface area (Å²) in [5.74, 6) is -0.0465. The smallest absolute Gasteiger partial charge is 0.295 e. The van der Waals surface area contributed by atoms with E-state index in [4.69, 9.17) is 23.7 Å². The van der Waals surface area contributed by atoms with E-state index in [1.54, 1.807) is 37.4 Å². The molecule has 0 saturated carbocycles. The molecule has 0 spiro atoms. The third-order valence-corrected chi connectivity index (χ3v) is 6.99. The molecule has 9 heteroatoms. The van der Waals surface area contributed by atoms with Crippen LogP contribution in [0.5, 0.6) is 23.0 Å². The maximum Gasteiger partial charge on any atom is 0.295 e. The molecule has 1 heterocycles. The zero-order valence-electron chi connectivity index (χ0n) is 23.9. The Morgan fingerprint density at radius 2 is 1.59 bits per heavy atom. The van der Waals surface area contributed by atoms with Gasteiger partial charge in [-0.2, -0.15) is 0 Å². The van der Waals surface area contributed by atoms with Crippen molar-refractivity contribution in [3.8, 4) is 23.0 Å². The van der Waals surface area contributed by atoms with E-state index < -0.39 is 17.7 Å². The van der Waals surface area contributed by atoms with Gasteiger partial charge in [-0.25, -0.2) is 0 Å². The molecule has 1 aliphatic rings. The molecular weight excluding hydrogens is 526 g/mol. The number of nitrogens with zero attached hydrogens (tertiary/aromatic N) is 1. The topological polar surface area (TPSA) is 104 Å². The van der Waals surface area contributed by atoms with Gasteiger partial charge in [0.1, 0.15) is 18.1 Å². The summed E-state index contributed by atoms with van der Waals surface area (Å²) in [5.41, 5.74) is 2.63. The summed E-state index contributed by atoms with van der Waals surface area (Å²) in [4.78, 5) is 28.2. The number of ether oxygens (including phenoxy) is 5. The molecule has 4 rings (SSSR count). The molecule has 0 radical (unpaired) electrons. The molecule has 1 unspecified atom stereocenters. The molecule has 9 nitrogen and oxygen atoms in total. The number of benzene rings is 3. The molecule has 0 bridgehead atoms. The fourth-order valence-electron chi connectivity index (χ4n) is 4.97. The highest BCUT2D eigenvalue weighted by Crippen LogP contribution is 2.46. The lowest BCUT2D eigenvalue weighted by atomic mass is 9.93. The average molecular weight is 562 g/mol. The number of carbonyl (C=O) groups is 2. The van der Waals surface area contributed by atoms with E-state index in [-0.39, 0.29) is 17.9 Å². The lowest BCUT2D eigenvalue weighted by molar-refractivity contribution is -0.140. The predicted molar refractivity (Wildman–Crippen MR) is 154 cm³/mol. The van der Waals surface area contributed by atoms with Gasteiger partial charge in [0.15, 0.2) is 11.5 Å². The van der Waals surface area contributed by atoms with Gasteiger partial charge in [-0.1, -0.05) is 30.3 Å². The van der Waals surface area contributed by atoms with Crippen LogP contribution in [0.4, 0.5) is 0 Å². The van der Waals surface area contributed by atoms with E-state index in [1.807, 2.05) is 37.3 Å². The lowest BCUT2D eigenvalue weighted by Gasteiger charge is -2.26. The normalized spacial score (nSPS) is 16.1. The van der Waals surface area contributed by atoms with Crippen molar-refractivity contribution in [2.45, 2.75) is 26.0 Å². The van der Waals surface area contributed by atoms with E-state index in [0.29, 0.717) is 59.3 Å². The first-order chi connectivity index (χ1) is 19.8. The van der Waals surface area contributed by atoms with Crippen LogP contribution in [-0.4, -0.2) is 63.3 Å². The molecule has 1 amide bonds. The molecule has 3 aromatic carbocycles.